The normalized spacial score (nSPS) is 10.9. The lowest BCUT2D eigenvalue weighted by molar-refractivity contribution is 0.628. The third-order valence-corrected chi connectivity index (χ3v) is 4.26. The molecular formula is C16H13ClFN3S. The molecule has 0 radical (unpaired) electrons. The molecule has 6 heteroatoms. The van der Waals surface area contributed by atoms with Gasteiger partial charge in [-0.3, -0.25) is 0 Å². The summed E-state index contributed by atoms with van der Waals surface area (Å²) in [5, 5.41) is 8.36. The van der Waals surface area contributed by atoms with Crippen molar-refractivity contribution in [1.82, 2.24) is 15.0 Å². The first-order valence-electron chi connectivity index (χ1n) is 6.64. The highest BCUT2D eigenvalue weighted by Crippen LogP contribution is 2.28. The number of aromatic nitrogens is 3. The van der Waals surface area contributed by atoms with Gasteiger partial charge in [-0.15, -0.1) is 28.5 Å². The summed E-state index contributed by atoms with van der Waals surface area (Å²) in [6.45, 7) is 0. The summed E-state index contributed by atoms with van der Waals surface area (Å²) >= 11 is 7.64. The van der Waals surface area contributed by atoms with Crippen LogP contribution in [0.2, 0.25) is 0 Å². The Morgan fingerprint density at radius 1 is 1.18 bits per heavy atom. The fourth-order valence-corrected chi connectivity index (χ4v) is 2.86. The number of alkyl halides is 1. The number of nitrogens with zero attached hydrogens (tertiary/aromatic N) is 3. The first-order chi connectivity index (χ1) is 10.7. The van der Waals surface area contributed by atoms with Crippen LogP contribution in [0.15, 0.2) is 53.4 Å². The Balaban J connectivity index is 2.16. The predicted octanol–water partition coefficient (Wildman–Crippen LogP) is 4.53. The maximum Gasteiger partial charge on any atom is 0.123 e. The smallest absolute Gasteiger partial charge is 0.123 e. The molecule has 1 aromatic heterocycles. The Bertz CT molecular complexity index is 786. The lowest BCUT2D eigenvalue weighted by atomic mass is 10.1. The molecule has 3 rings (SSSR count). The topological polar surface area (TPSA) is 30.7 Å². The van der Waals surface area contributed by atoms with Crippen LogP contribution in [0.25, 0.3) is 16.9 Å². The van der Waals surface area contributed by atoms with Gasteiger partial charge in [0.05, 0.1) is 17.3 Å². The molecule has 0 unspecified atom stereocenters. The number of hydrogen-bond acceptors (Lipinski definition) is 3. The Labute approximate surface area is 137 Å². The predicted molar refractivity (Wildman–Crippen MR) is 88.1 cm³/mol. The fourth-order valence-electron chi connectivity index (χ4n) is 2.22. The number of rotatable bonds is 4. The van der Waals surface area contributed by atoms with Gasteiger partial charge in [0.15, 0.2) is 0 Å². The Morgan fingerprint density at radius 2 is 1.95 bits per heavy atom. The van der Waals surface area contributed by atoms with Crippen LogP contribution in [0.4, 0.5) is 4.39 Å². The second-order valence-corrected chi connectivity index (χ2v) is 5.79. The number of benzene rings is 2. The van der Waals surface area contributed by atoms with Gasteiger partial charge in [0, 0.05) is 10.5 Å². The van der Waals surface area contributed by atoms with Gasteiger partial charge in [0.1, 0.15) is 11.5 Å². The van der Waals surface area contributed by atoms with Gasteiger partial charge < -0.3 is 0 Å². The van der Waals surface area contributed by atoms with Crippen molar-refractivity contribution in [3.63, 3.8) is 0 Å². The van der Waals surface area contributed by atoms with Gasteiger partial charge in [-0.25, -0.2) is 9.07 Å². The van der Waals surface area contributed by atoms with E-state index in [1.165, 1.54) is 12.1 Å². The quantitative estimate of drug-likeness (QED) is 0.519. The van der Waals surface area contributed by atoms with Crippen molar-refractivity contribution < 1.29 is 4.39 Å². The molecule has 0 amide bonds. The third-order valence-electron chi connectivity index (χ3n) is 3.28. The first-order valence-corrected chi connectivity index (χ1v) is 8.39. The molecule has 112 valence electrons. The largest absolute Gasteiger partial charge is 0.212 e. The molecule has 22 heavy (non-hydrogen) atoms. The van der Waals surface area contributed by atoms with E-state index in [4.69, 9.17) is 11.6 Å². The van der Waals surface area contributed by atoms with E-state index >= 15 is 0 Å². The van der Waals surface area contributed by atoms with Crippen LogP contribution in [0.5, 0.6) is 0 Å². The van der Waals surface area contributed by atoms with Crippen molar-refractivity contribution in [2.24, 2.45) is 0 Å². The second kappa shape index (κ2) is 6.50. The van der Waals surface area contributed by atoms with Crippen LogP contribution >= 0.6 is 23.4 Å². The average Bonchev–Trinajstić information content (AvgIpc) is 2.99. The lowest BCUT2D eigenvalue weighted by Gasteiger charge is -2.09. The van der Waals surface area contributed by atoms with E-state index in [0.29, 0.717) is 5.69 Å². The van der Waals surface area contributed by atoms with Crippen LogP contribution in [-0.4, -0.2) is 21.2 Å². The molecule has 3 aromatic rings. The lowest BCUT2D eigenvalue weighted by Crippen LogP contribution is -2.00. The Hall–Kier alpha value is -1.85. The third kappa shape index (κ3) is 2.87. The minimum Gasteiger partial charge on any atom is -0.212 e. The minimum atomic E-state index is -0.278. The summed E-state index contributed by atoms with van der Waals surface area (Å²) in [5.74, 6) is -0.0332. The molecule has 2 aromatic carbocycles. The van der Waals surface area contributed by atoms with Gasteiger partial charge in [0.2, 0.25) is 0 Å². The molecule has 0 N–H and O–H groups in total. The molecule has 1 heterocycles. The van der Waals surface area contributed by atoms with E-state index in [9.17, 15) is 4.39 Å². The molecule has 0 spiro atoms. The van der Waals surface area contributed by atoms with Crippen molar-refractivity contribution in [2.45, 2.75) is 10.8 Å². The van der Waals surface area contributed by atoms with Crippen LogP contribution in [0, 0.1) is 5.82 Å². The van der Waals surface area contributed by atoms with Gasteiger partial charge in [0.25, 0.3) is 0 Å². The summed E-state index contributed by atoms with van der Waals surface area (Å²) < 4.78 is 14.9. The van der Waals surface area contributed by atoms with E-state index in [1.807, 2.05) is 30.5 Å². The Morgan fingerprint density at radius 3 is 2.64 bits per heavy atom. The molecule has 0 aliphatic carbocycles. The van der Waals surface area contributed by atoms with Gasteiger partial charge >= 0.3 is 0 Å². The molecule has 0 aliphatic rings. The summed E-state index contributed by atoms with van der Waals surface area (Å²) in [5.41, 5.74) is 3.18. The van der Waals surface area contributed by atoms with Crippen LogP contribution < -0.4 is 0 Å². The zero-order valence-corrected chi connectivity index (χ0v) is 13.4. The number of hydrogen-bond donors (Lipinski definition) is 0. The van der Waals surface area contributed by atoms with Crippen molar-refractivity contribution >= 4 is 23.4 Å². The Kier molecular flexibility index (Phi) is 4.45. The highest BCUT2D eigenvalue weighted by molar-refractivity contribution is 7.98. The second-order valence-electron chi connectivity index (χ2n) is 4.64. The highest BCUT2D eigenvalue weighted by Gasteiger charge is 2.16. The maximum atomic E-state index is 13.2. The van der Waals surface area contributed by atoms with E-state index in [-0.39, 0.29) is 11.7 Å². The van der Waals surface area contributed by atoms with Crippen LogP contribution in [0.1, 0.15) is 5.69 Å². The number of thioether (sulfide) groups is 1. The average molecular weight is 334 g/mol. The highest BCUT2D eigenvalue weighted by atomic mass is 35.5. The van der Waals surface area contributed by atoms with Gasteiger partial charge in [-0.05, 0) is 48.7 Å². The van der Waals surface area contributed by atoms with Crippen molar-refractivity contribution in [3.05, 3.63) is 60.0 Å². The van der Waals surface area contributed by atoms with Crippen LogP contribution in [-0.2, 0) is 5.88 Å². The standard InChI is InChI=1S/C16H13ClFN3S/c1-22-14-4-2-3-13(9-14)21-16(15(10-17)19-20-21)11-5-7-12(18)8-6-11/h2-9H,10H2,1H3. The van der Waals surface area contributed by atoms with Gasteiger partial charge in [-0.2, -0.15) is 0 Å². The molecule has 0 saturated heterocycles. The maximum absolute atomic E-state index is 13.2. The molecule has 0 atom stereocenters. The minimum absolute atomic E-state index is 0.245. The van der Waals surface area contributed by atoms with E-state index in [0.717, 1.165) is 21.8 Å². The van der Waals surface area contributed by atoms with Crippen molar-refractivity contribution in [1.29, 1.82) is 0 Å². The molecule has 0 bridgehead atoms. The van der Waals surface area contributed by atoms with Gasteiger partial charge in [-0.1, -0.05) is 11.3 Å². The van der Waals surface area contributed by atoms with Crippen LogP contribution in [0.3, 0.4) is 0 Å². The SMILES string of the molecule is CSc1cccc(-n2nnc(CCl)c2-c2ccc(F)cc2)c1. The molecule has 3 nitrogen and oxygen atoms in total. The van der Waals surface area contributed by atoms with E-state index in [1.54, 1.807) is 28.6 Å². The van der Waals surface area contributed by atoms with E-state index < -0.39 is 0 Å². The summed E-state index contributed by atoms with van der Waals surface area (Å²) in [4.78, 5) is 1.13. The molecule has 0 fully saturated rings. The zero-order valence-electron chi connectivity index (χ0n) is 11.8. The van der Waals surface area contributed by atoms with Crippen molar-refractivity contribution in [2.75, 3.05) is 6.26 Å². The molecule has 0 aliphatic heterocycles. The summed E-state index contributed by atoms with van der Waals surface area (Å²) in [6.07, 6.45) is 2.02. The zero-order chi connectivity index (χ0) is 15.5. The number of halogens is 2. The monoisotopic (exact) mass is 333 g/mol. The fraction of sp³-hybridized carbons (Fsp3) is 0.125. The van der Waals surface area contributed by atoms with E-state index in [2.05, 4.69) is 10.3 Å². The summed E-state index contributed by atoms with van der Waals surface area (Å²) in [6, 6.07) is 14.2. The molecular weight excluding hydrogens is 321 g/mol. The first kappa shape index (κ1) is 15.1. The summed E-state index contributed by atoms with van der Waals surface area (Å²) in [7, 11) is 0. The van der Waals surface area contributed by atoms with Crippen molar-refractivity contribution in [3.8, 4) is 16.9 Å². The molecule has 0 saturated carbocycles.